The summed E-state index contributed by atoms with van der Waals surface area (Å²) >= 11 is 3.47. The second-order valence-corrected chi connectivity index (χ2v) is 6.74. The Hall–Kier alpha value is -2.53. The van der Waals surface area contributed by atoms with E-state index in [-0.39, 0.29) is 17.9 Å². The molecule has 0 spiro atoms. The smallest absolute Gasteiger partial charge is 0.342 e. The minimum atomic E-state index is -0.498. The molecule has 5 heteroatoms. The van der Waals surface area contributed by atoms with Gasteiger partial charge in [0, 0.05) is 20.9 Å². The number of aromatic nitrogens is 1. The normalized spacial score (nSPS) is 14.5. The van der Waals surface area contributed by atoms with Gasteiger partial charge in [-0.15, -0.1) is 0 Å². The van der Waals surface area contributed by atoms with Crippen LogP contribution in [0.5, 0.6) is 0 Å². The average molecular weight is 384 g/mol. The number of hydrogen-bond acceptors (Lipinski definition) is 3. The number of carbonyl (C=O) groups excluding carboxylic acids is 1. The van der Waals surface area contributed by atoms with E-state index in [2.05, 4.69) is 20.9 Å². The maximum absolute atomic E-state index is 12.2. The SMILES string of the molecule is Cc1ccc(-c2[nH]c3ccc(Br)cc3c2C2=C(O)COC2=O)cc1. The predicted octanol–water partition coefficient (Wildman–Crippen LogP) is 4.73. The number of ether oxygens (including phenoxy) is 1. The number of H-pyrrole nitrogens is 1. The lowest BCUT2D eigenvalue weighted by Crippen LogP contribution is -1.99. The molecule has 0 aliphatic carbocycles. The monoisotopic (exact) mass is 383 g/mol. The zero-order valence-electron chi connectivity index (χ0n) is 12.9. The summed E-state index contributed by atoms with van der Waals surface area (Å²) in [6.45, 7) is 1.94. The van der Waals surface area contributed by atoms with Crippen molar-refractivity contribution in [2.75, 3.05) is 6.61 Å². The van der Waals surface area contributed by atoms with Crippen molar-refractivity contribution in [2.24, 2.45) is 0 Å². The van der Waals surface area contributed by atoms with E-state index in [0.717, 1.165) is 32.2 Å². The van der Waals surface area contributed by atoms with Gasteiger partial charge in [-0.05, 0) is 30.7 Å². The standard InChI is InChI=1S/C19H14BrNO3/c1-10-2-4-11(5-3-10)18-16(17-15(22)9-24-19(17)23)13-8-12(20)6-7-14(13)21-18/h2-8,21-22H,9H2,1H3. The van der Waals surface area contributed by atoms with E-state index in [1.807, 2.05) is 49.4 Å². The van der Waals surface area contributed by atoms with Crippen LogP contribution in [0, 0.1) is 6.92 Å². The van der Waals surface area contributed by atoms with E-state index in [1.165, 1.54) is 0 Å². The minimum absolute atomic E-state index is 0.0331. The Bertz CT molecular complexity index is 999. The molecule has 0 radical (unpaired) electrons. The first-order valence-electron chi connectivity index (χ1n) is 7.52. The number of esters is 1. The van der Waals surface area contributed by atoms with Crippen molar-refractivity contribution in [2.45, 2.75) is 6.92 Å². The topological polar surface area (TPSA) is 62.3 Å². The first-order chi connectivity index (χ1) is 11.5. The number of halogens is 1. The summed E-state index contributed by atoms with van der Waals surface area (Å²) in [5.41, 5.74) is 4.70. The van der Waals surface area contributed by atoms with Crippen molar-refractivity contribution >= 4 is 38.4 Å². The zero-order valence-corrected chi connectivity index (χ0v) is 14.5. The van der Waals surface area contributed by atoms with Crippen LogP contribution in [0.2, 0.25) is 0 Å². The summed E-state index contributed by atoms with van der Waals surface area (Å²) in [6.07, 6.45) is 0. The number of nitrogens with one attached hydrogen (secondary N) is 1. The molecule has 24 heavy (non-hydrogen) atoms. The van der Waals surface area contributed by atoms with Gasteiger partial charge in [0.1, 0.15) is 17.9 Å². The first kappa shape index (κ1) is 15.0. The second kappa shape index (κ2) is 5.53. The summed E-state index contributed by atoms with van der Waals surface area (Å²) < 4.78 is 5.90. The molecule has 1 aliphatic heterocycles. The lowest BCUT2D eigenvalue weighted by atomic mass is 9.97. The third-order valence-electron chi connectivity index (χ3n) is 4.18. The van der Waals surface area contributed by atoms with E-state index >= 15 is 0 Å². The number of fused-ring (bicyclic) bond motifs is 1. The average Bonchev–Trinajstić information content (AvgIpc) is 3.08. The van der Waals surface area contributed by atoms with Gasteiger partial charge >= 0.3 is 5.97 Å². The third-order valence-corrected chi connectivity index (χ3v) is 4.68. The Morgan fingerprint density at radius 3 is 2.58 bits per heavy atom. The van der Waals surface area contributed by atoms with Crippen LogP contribution in [-0.4, -0.2) is 22.7 Å². The minimum Gasteiger partial charge on any atom is -0.508 e. The molecule has 2 aromatic carbocycles. The van der Waals surface area contributed by atoms with Gasteiger partial charge in [-0.1, -0.05) is 45.8 Å². The number of aliphatic hydroxyl groups excluding tert-OH is 1. The van der Waals surface area contributed by atoms with Gasteiger partial charge in [-0.2, -0.15) is 0 Å². The van der Waals surface area contributed by atoms with Crippen LogP contribution in [0.1, 0.15) is 11.1 Å². The Morgan fingerprint density at radius 1 is 1.17 bits per heavy atom. The van der Waals surface area contributed by atoms with Crippen molar-refractivity contribution in [3.05, 3.63) is 63.8 Å². The Morgan fingerprint density at radius 2 is 1.92 bits per heavy atom. The summed E-state index contributed by atoms with van der Waals surface area (Å²) in [7, 11) is 0. The van der Waals surface area contributed by atoms with Gasteiger partial charge in [0.05, 0.1) is 5.69 Å². The number of benzene rings is 2. The number of cyclic esters (lactones) is 1. The van der Waals surface area contributed by atoms with Crippen LogP contribution < -0.4 is 0 Å². The Balaban J connectivity index is 2.06. The van der Waals surface area contributed by atoms with E-state index < -0.39 is 5.97 Å². The second-order valence-electron chi connectivity index (χ2n) is 5.83. The molecule has 2 N–H and O–H groups in total. The van der Waals surface area contributed by atoms with Crippen LogP contribution in [0.25, 0.3) is 27.7 Å². The molecule has 0 fully saturated rings. The highest BCUT2D eigenvalue weighted by molar-refractivity contribution is 9.10. The highest BCUT2D eigenvalue weighted by Crippen LogP contribution is 2.39. The van der Waals surface area contributed by atoms with Gasteiger partial charge in [0.15, 0.2) is 0 Å². The Labute approximate surface area is 146 Å². The highest BCUT2D eigenvalue weighted by atomic mass is 79.9. The fourth-order valence-electron chi connectivity index (χ4n) is 3.00. The van der Waals surface area contributed by atoms with Gasteiger partial charge in [0.2, 0.25) is 0 Å². The molecule has 2 heterocycles. The molecule has 0 bridgehead atoms. The maximum atomic E-state index is 12.2. The number of aryl methyl sites for hydroxylation is 1. The van der Waals surface area contributed by atoms with E-state index in [9.17, 15) is 9.90 Å². The van der Waals surface area contributed by atoms with E-state index in [4.69, 9.17) is 4.74 Å². The largest absolute Gasteiger partial charge is 0.508 e. The Kier molecular flexibility index (Phi) is 3.46. The molecular weight excluding hydrogens is 370 g/mol. The van der Waals surface area contributed by atoms with Crippen LogP contribution in [0.4, 0.5) is 0 Å². The number of aromatic amines is 1. The summed E-state index contributed by atoms with van der Waals surface area (Å²) in [5.74, 6) is -0.532. The molecule has 1 aromatic heterocycles. The van der Waals surface area contributed by atoms with Crippen LogP contribution >= 0.6 is 15.9 Å². The van der Waals surface area contributed by atoms with Gasteiger partial charge < -0.3 is 14.8 Å². The summed E-state index contributed by atoms with van der Waals surface area (Å²) in [4.78, 5) is 15.6. The third kappa shape index (κ3) is 2.32. The van der Waals surface area contributed by atoms with Gasteiger partial charge in [-0.3, -0.25) is 0 Å². The van der Waals surface area contributed by atoms with Crippen molar-refractivity contribution in [3.8, 4) is 11.3 Å². The molecule has 3 aromatic rings. The lowest BCUT2D eigenvalue weighted by Gasteiger charge is -2.06. The van der Waals surface area contributed by atoms with Gasteiger partial charge in [0.25, 0.3) is 0 Å². The number of aliphatic hydroxyl groups is 1. The van der Waals surface area contributed by atoms with E-state index in [1.54, 1.807) is 0 Å². The fraction of sp³-hybridized carbons (Fsp3) is 0.105. The molecule has 0 saturated heterocycles. The maximum Gasteiger partial charge on any atom is 0.342 e. The van der Waals surface area contributed by atoms with Gasteiger partial charge in [-0.25, -0.2) is 4.79 Å². The molecule has 0 atom stereocenters. The summed E-state index contributed by atoms with van der Waals surface area (Å²) in [5, 5.41) is 11.0. The molecular formula is C19H14BrNO3. The van der Waals surface area contributed by atoms with Crippen molar-refractivity contribution < 1.29 is 14.6 Å². The molecule has 0 saturated carbocycles. The lowest BCUT2D eigenvalue weighted by molar-refractivity contribution is -0.134. The highest BCUT2D eigenvalue weighted by Gasteiger charge is 2.31. The number of hydrogen-bond donors (Lipinski definition) is 2. The molecule has 0 unspecified atom stereocenters. The van der Waals surface area contributed by atoms with Crippen LogP contribution in [0.15, 0.2) is 52.7 Å². The molecule has 4 rings (SSSR count). The quantitative estimate of drug-likeness (QED) is 0.628. The van der Waals surface area contributed by atoms with Crippen LogP contribution in [-0.2, 0) is 9.53 Å². The predicted molar refractivity (Wildman–Crippen MR) is 96.7 cm³/mol. The van der Waals surface area contributed by atoms with E-state index in [0.29, 0.717) is 5.56 Å². The molecule has 120 valence electrons. The van der Waals surface area contributed by atoms with Crippen LogP contribution in [0.3, 0.4) is 0 Å². The molecule has 1 aliphatic rings. The first-order valence-corrected chi connectivity index (χ1v) is 8.32. The number of carbonyl (C=O) groups is 1. The van der Waals surface area contributed by atoms with Crippen molar-refractivity contribution in [3.63, 3.8) is 0 Å². The number of rotatable bonds is 2. The molecule has 4 nitrogen and oxygen atoms in total. The zero-order chi connectivity index (χ0) is 16.8. The fourth-order valence-corrected chi connectivity index (χ4v) is 3.36. The molecule has 0 amide bonds. The summed E-state index contributed by atoms with van der Waals surface area (Å²) in [6, 6.07) is 13.8. The van der Waals surface area contributed by atoms with Crippen molar-refractivity contribution in [1.82, 2.24) is 4.98 Å². The van der Waals surface area contributed by atoms with Crippen molar-refractivity contribution in [1.29, 1.82) is 0 Å².